The van der Waals surface area contributed by atoms with Crippen LogP contribution in [0.1, 0.15) is 24.0 Å². The number of nitrogens with one attached hydrogen (secondary N) is 2. The number of carbonyl (C=O) groups is 1. The van der Waals surface area contributed by atoms with E-state index in [9.17, 15) is 22.8 Å². The molecule has 9 nitrogen and oxygen atoms in total. The Morgan fingerprint density at radius 3 is 2.52 bits per heavy atom. The Hall–Kier alpha value is -4.22. The number of nitrogens with zero attached hydrogens (tertiary/aromatic N) is 3. The standard InChI is InChI=1S/C28H30F3N5O4/c1-32-24(37)10-16-7-9-35(15-16)18-4-5-22(28(29,30)31)23(13-18)36-27(38)26-21(6-8-33-26)25(34-36)17-11-19(39-2)14-20(12-17)40-3/h4-5,11-14,16,33H,6-10,15H2,1-3H3,(H,32,37). The molecule has 1 aromatic heterocycles. The number of halogens is 3. The van der Waals surface area contributed by atoms with Crippen LogP contribution in [0.3, 0.4) is 0 Å². The van der Waals surface area contributed by atoms with Crippen LogP contribution in [0.15, 0.2) is 41.2 Å². The minimum Gasteiger partial charge on any atom is -0.497 e. The topological polar surface area (TPSA) is 97.7 Å². The Bertz CT molecular complexity index is 1480. The first-order valence-corrected chi connectivity index (χ1v) is 12.9. The summed E-state index contributed by atoms with van der Waals surface area (Å²) in [5, 5.41) is 10.2. The molecule has 212 valence electrons. The summed E-state index contributed by atoms with van der Waals surface area (Å²) >= 11 is 0. The normalized spacial score (nSPS) is 16.4. The number of hydrogen-bond acceptors (Lipinski definition) is 7. The minimum atomic E-state index is -4.73. The third-order valence-corrected chi connectivity index (χ3v) is 7.41. The van der Waals surface area contributed by atoms with Crippen LogP contribution in [-0.4, -0.2) is 56.6 Å². The van der Waals surface area contributed by atoms with Crippen LogP contribution in [0.4, 0.5) is 24.5 Å². The van der Waals surface area contributed by atoms with Crippen LogP contribution < -0.4 is 30.6 Å². The Balaban J connectivity index is 1.65. The lowest BCUT2D eigenvalue weighted by molar-refractivity contribution is -0.137. The number of fused-ring (bicyclic) bond motifs is 1. The Kier molecular flexibility index (Phi) is 7.35. The first kappa shape index (κ1) is 27.4. The summed E-state index contributed by atoms with van der Waals surface area (Å²) in [7, 11) is 4.57. The summed E-state index contributed by atoms with van der Waals surface area (Å²) in [6.45, 7) is 1.55. The van der Waals surface area contributed by atoms with Gasteiger partial charge in [-0.3, -0.25) is 9.59 Å². The van der Waals surface area contributed by atoms with Gasteiger partial charge in [-0.1, -0.05) is 0 Å². The van der Waals surface area contributed by atoms with Crippen LogP contribution in [-0.2, 0) is 17.4 Å². The molecule has 0 bridgehead atoms. The first-order chi connectivity index (χ1) is 19.1. The van der Waals surface area contributed by atoms with Crippen molar-refractivity contribution in [3.8, 4) is 28.4 Å². The van der Waals surface area contributed by atoms with Crippen molar-refractivity contribution in [3.05, 3.63) is 57.9 Å². The lowest BCUT2D eigenvalue weighted by Crippen LogP contribution is -2.28. The van der Waals surface area contributed by atoms with Gasteiger partial charge in [-0.15, -0.1) is 0 Å². The second-order valence-corrected chi connectivity index (χ2v) is 9.87. The number of rotatable bonds is 7. The van der Waals surface area contributed by atoms with Gasteiger partial charge in [0.05, 0.1) is 31.2 Å². The number of ether oxygens (including phenoxy) is 2. The predicted octanol–water partition coefficient (Wildman–Crippen LogP) is 3.87. The molecule has 12 heteroatoms. The number of anilines is 2. The molecule has 0 aliphatic carbocycles. The van der Waals surface area contributed by atoms with Crippen LogP contribution >= 0.6 is 0 Å². The highest BCUT2D eigenvalue weighted by atomic mass is 19.4. The molecule has 0 radical (unpaired) electrons. The third-order valence-electron chi connectivity index (χ3n) is 7.41. The maximum Gasteiger partial charge on any atom is 0.418 e. The average Bonchev–Trinajstić information content (AvgIpc) is 3.62. The van der Waals surface area contributed by atoms with Gasteiger partial charge in [0.25, 0.3) is 5.56 Å². The van der Waals surface area contributed by atoms with Crippen molar-refractivity contribution in [1.29, 1.82) is 0 Å². The van der Waals surface area contributed by atoms with Gasteiger partial charge in [-0.25, -0.2) is 0 Å². The van der Waals surface area contributed by atoms with Crippen LogP contribution in [0.25, 0.3) is 16.9 Å². The van der Waals surface area contributed by atoms with E-state index in [1.54, 1.807) is 25.2 Å². The van der Waals surface area contributed by atoms with Gasteiger partial charge in [0, 0.05) is 56.0 Å². The summed E-state index contributed by atoms with van der Waals surface area (Å²) in [4.78, 5) is 27.3. The van der Waals surface area contributed by atoms with Gasteiger partial charge in [-0.05, 0) is 49.1 Å². The van der Waals surface area contributed by atoms with Crippen molar-refractivity contribution in [2.45, 2.75) is 25.4 Å². The lowest BCUT2D eigenvalue weighted by Gasteiger charge is -2.22. The summed E-state index contributed by atoms with van der Waals surface area (Å²) in [6, 6.07) is 8.83. The summed E-state index contributed by atoms with van der Waals surface area (Å²) in [5.74, 6) is 0.951. The second-order valence-electron chi connectivity index (χ2n) is 9.87. The van der Waals surface area contributed by atoms with E-state index in [2.05, 4.69) is 15.7 Å². The van der Waals surface area contributed by atoms with E-state index < -0.39 is 17.3 Å². The van der Waals surface area contributed by atoms with E-state index in [1.165, 1.54) is 26.4 Å². The predicted molar refractivity (Wildman–Crippen MR) is 145 cm³/mol. The summed E-state index contributed by atoms with van der Waals surface area (Å²) in [6.07, 6.45) is -3.18. The number of amides is 1. The van der Waals surface area contributed by atoms with Crippen LogP contribution in [0.5, 0.6) is 11.5 Å². The highest BCUT2D eigenvalue weighted by molar-refractivity contribution is 5.76. The van der Waals surface area contributed by atoms with Crippen molar-refractivity contribution in [2.24, 2.45) is 5.92 Å². The average molecular weight is 558 g/mol. The fourth-order valence-electron chi connectivity index (χ4n) is 5.37. The zero-order valence-electron chi connectivity index (χ0n) is 22.4. The third kappa shape index (κ3) is 5.17. The molecule has 1 fully saturated rings. The molecule has 5 rings (SSSR count). The van der Waals surface area contributed by atoms with Crippen molar-refractivity contribution in [3.63, 3.8) is 0 Å². The van der Waals surface area contributed by atoms with Gasteiger partial charge < -0.3 is 25.0 Å². The van der Waals surface area contributed by atoms with Gasteiger partial charge in [0.2, 0.25) is 5.91 Å². The largest absolute Gasteiger partial charge is 0.497 e. The highest BCUT2D eigenvalue weighted by Crippen LogP contribution is 2.39. The van der Waals surface area contributed by atoms with Crippen molar-refractivity contribution >= 4 is 17.3 Å². The van der Waals surface area contributed by atoms with Crippen LogP contribution in [0.2, 0.25) is 0 Å². The van der Waals surface area contributed by atoms with Crippen molar-refractivity contribution in [1.82, 2.24) is 15.1 Å². The van der Waals surface area contributed by atoms with Crippen molar-refractivity contribution in [2.75, 3.05) is 51.1 Å². The quantitative estimate of drug-likeness (QED) is 0.455. The van der Waals surface area contributed by atoms with Gasteiger partial charge in [0.1, 0.15) is 17.2 Å². The van der Waals surface area contributed by atoms with E-state index >= 15 is 0 Å². The number of aromatic nitrogens is 2. The van der Waals surface area contributed by atoms with Crippen LogP contribution in [0, 0.1) is 5.92 Å². The molecule has 2 aliphatic heterocycles. The Labute approximate surface area is 228 Å². The zero-order valence-corrected chi connectivity index (χ0v) is 22.4. The molecular formula is C28H30F3N5O4. The molecule has 0 saturated carbocycles. The Morgan fingerprint density at radius 2 is 1.88 bits per heavy atom. The number of carbonyl (C=O) groups excluding carboxylic acids is 1. The molecule has 40 heavy (non-hydrogen) atoms. The molecule has 3 aromatic rings. The molecule has 2 aromatic carbocycles. The second kappa shape index (κ2) is 10.7. The lowest BCUT2D eigenvalue weighted by atomic mass is 10.0. The molecule has 0 spiro atoms. The molecule has 2 N–H and O–H groups in total. The number of hydrogen-bond donors (Lipinski definition) is 2. The molecule has 1 amide bonds. The van der Waals surface area contributed by atoms with E-state index in [-0.39, 0.29) is 23.2 Å². The summed E-state index contributed by atoms with van der Waals surface area (Å²) < 4.78 is 54.4. The van der Waals surface area contributed by atoms with Gasteiger partial charge >= 0.3 is 6.18 Å². The molecule has 3 heterocycles. The smallest absolute Gasteiger partial charge is 0.418 e. The molecule has 1 saturated heterocycles. The molecule has 1 unspecified atom stereocenters. The van der Waals surface area contributed by atoms with Gasteiger partial charge in [0.15, 0.2) is 0 Å². The molecular weight excluding hydrogens is 527 g/mol. The highest BCUT2D eigenvalue weighted by Gasteiger charge is 2.36. The molecule has 2 aliphatic rings. The van der Waals surface area contributed by atoms with E-state index in [0.29, 0.717) is 66.5 Å². The van der Waals surface area contributed by atoms with E-state index in [4.69, 9.17) is 9.47 Å². The summed E-state index contributed by atoms with van der Waals surface area (Å²) in [5.41, 5.74) is 0.279. The number of alkyl halides is 3. The number of methoxy groups -OCH3 is 2. The van der Waals surface area contributed by atoms with E-state index in [1.807, 2.05) is 4.90 Å². The first-order valence-electron chi connectivity index (χ1n) is 12.9. The maximum atomic E-state index is 14.3. The Morgan fingerprint density at radius 1 is 1.15 bits per heavy atom. The zero-order chi connectivity index (χ0) is 28.6. The maximum absolute atomic E-state index is 14.3. The SMILES string of the molecule is CNC(=O)CC1CCN(c2ccc(C(F)(F)F)c(-n3nc(-c4cc(OC)cc(OC)c4)c4c(c3=O)NCC4)c2)C1. The number of benzene rings is 2. The fraction of sp³-hybridized carbons (Fsp3) is 0.393. The van der Waals surface area contributed by atoms with Crippen molar-refractivity contribution < 1.29 is 27.4 Å². The minimum absolute atomic E-state index is 0.0744. The monoisotopic (exact) mass is 557 g/mol. The van der Waals surface area contributed by atoms with Gasteiger partial charge in [-0.2, -0.15) is 23.0 Å². The molecule has 1 atom stereocenters. The van der Waals surface area contributed by atoms with E-state index in [0.717, 1.165) is 17.2 Å². The fourth-order valence-corrected chi connectivity index (χ4v) is 5.37.